The van der Waals surface area contributed by atoms with Crippen LogP contribution in [0.25, 0.3) is 0 Å². The van der Waals surface area contributed by atoms with Gasteiger partial charge in [-0.15, -0.1) is 0 Å². The minimum absolute atomic E-state index is 0.275. The van der Waals surface area contributed by atoms with Crippen molar-refractivity contribution in [3.8, 4) is 0 Å². The van der Waals surface area contributed by atoms with Crippen LogP contribution >= 0.6 is 0 Å². The fourth-order valence-corrected chi connectivity index (χ4v) is 0.325. The van der Waals surface area contributed by atoms with Crippen LogP contribution in [0.15, 0.2) is 0 Å². The van der Waals surface area contributed by atoms with Crippen LogP contribution in [0.3, 0.4) is 0 Å². The predicted octanol–water partition coefficient (Wildman–Crippen LogP) is 2.09. The summed E-state index contributed by atoms with van der Waals surface area (Å²) in [5.41, 5.74) is 0. The number of alkyl halides is 2. The summed E-state index contributed by atoms with van der Waals surface area (Å²) in [7, 11) is 0. The van der Waals surface area contributed by atoms with E-state index in [0.717, 1.165) is 0 Å². The molecule has 0 nitrogen and oxygen atoms in total. The SMILES string of the molecule is CC[C@@H](F)[C@@H](C)F. The molecule has 0 saturated carbocycles. The van der Waals surface area contributed by atoms with Gasteiger partial charge in [0.25, 0.3) is 0 Å². The second kappa shape index (κ2) is 2.94. The number of hydrogen-bond acceptors (Lipinski definition) is 0. The summed E-state index contributed by atoms with van der Waals surface area (Å²) in [6.45, 7) is 2.86. The van der Waals surface area contributed by atoms with Gasteiger partial charge in [-0.05, 0) is 13.3 Å². The molecule has 0 rings (SSSR count). The quantitative estimate of drug-likeness (QED) is 0.508. The lowest BCUT2D eigenvalue weighted by molar-refractivity contribution is 0.178. The van der Waals surface area contributed by atoms with Gasteiger partial charge in [0.15, 0.2) is 0 Å². The van der Waals surface area contributed by atoms with E-state index in [1.807, 2.05) is 0 Å². The molecule has 0 heterocycles. The highest BCUT2D eigenvalue weighted by atomic mass is 19.2. The van der Waals surface area contributed by atoms with Crippen molar-refractivity contribution < 1.29 is 8.78 Å². The lowest BCUT2D eigenvalue weighted by atomic mass is 10.2. The van der Waals surface area contributed by atoms with E-state index in [4.69, 9.17) is 0 Å². The fourth-order valence-electron chi connectivity index (χ4n) is 0.325. The molecule has 0 saturated heterocycles. The third-order valence-corrected chi connectivity index (χ3v) is 0.888. The molecular weight excluding hydrogens is 98.1 g/mol. The minimum atomic E-state index is -1.30. The first-order valence-electron chi connectivity index (χ1n) is 2.46. The molecular formula is C5H10F2. The molecule has 0 fully saturated rings. The Morgan fingerprint density at radius 3 is 1.86 bits per heavy atom. The lowest BCUT2D eigenvalue weighted by Crippen LogP contribution is -2.10. The molecule has 0 aromatic carbocycles. The predicted molar refractivity (Wildman–Crippen MR) is 25.8 cm³/mol. The number of halogens is 2. The molecule has 2 atom stereocenters. The van der Waals surface area contributed by atoms with E-state index in [2.05, 4.69) is 0 Å². The Kier molecular flexibility index (Phi) is 2.88. The van der Waals surface area contributed by atoms with Gasteiger partial charge in [0.2, 0.25) is 0 Å². The van der Waals surface area contributed by atoms with Gasteiger partial charge in [-0.25, -0.2) is 8.78 Å². The van der Waals surface area contributed by atoms with Gasteiger partial charge in [0, 0.05) is 0 Å². The van der Waals surface area contributed by atoms with Crippen molar-refractivity contribution in [3.63, 3.8) is 0 Å². The van der Waals surface area contributed by atoms with Crippen molar-refractivity contribution in [2.24, 2.45) is 0 Å². The average molecular weight is 108 g/mol. The van der Waals surface area contributed by atoms with E-state index >= 15 is 0 Å². The van der Waals surface area contributed by atoms with Gasteiger partial charge < -0.3 is 0 Å². The molecule has 0 aliphatic rings. The maximum Gasteiger partial charge on any atom is 0.131 e. The molecule has 2 heteroatoms. The maximum absolute atomic E-state index is 11.9. The molecule has 0 unspecified atom stereocenters. The first kappa shape index (κ1) is 6.86. The lowest BCUT2D eigenvalue weighted by Gasteiger charge is -2.02. The van der Waals surface area contributed by atoms with E-state index < -0.39 is 12.3 Å². The monoisotopic (exact) mass is 108 g/mol. The summed E-state index contributed by atoms with van der Waals surface area (Å²) in [5.74, 6) is 0. The summed E-state index contributed by atoms with van der Waals surface area (Å²) in [6.07, 6.45) is -2.29. The molecule has 0 aromatic rings. The highest BCUT2D eigenvalue weighted by molar-refractivity contribution is 4.58. The van der Waals surface area contributed by atoms with Crippen LogP contribution in [0.5, 0.6) is 0 Å². The van der Waals surface area contributed by atoms with Gasteiger partial charge in [0.05, 0.1) is 0 Å². The van der Waals surface area contributed by atoms with E-state index in [1.165, 1.54) is 6.92 Å². The first-order chi connectivity index (χ1) is 3.18. The molecule has 0 amide bonds. The van der Waals surface area contributed by atoms with Crippen LogP contribution in [-0.4, -0.2) is 12.3 Å². The summed E-state index contributed by atoms with van der Waals surface area (Å²) < 4.78 is 23.6. The third kappa shape index (κ3) is 2.54. The van der Waals surface area contributed by atoms with E-state index in [0.29, 0.717) is 0 Å². The van der Waals surface area contributed by atoms with Gasteiger partial charge in [0.1, 0.15) is 12.3 Å². The van der Waals surface area contributed by atoms with Crippen molar-refractivity contribution in [3.05, 3.63) is 0 Å². The van der Waals surface area contributed by atoms with Crippen molar-refractivity contribution in [2.45, 2.75) is 32.6 Å². The molecule has 0 spiro atoms. The first-order valence-corrected chi connectivity index (χ1v) is 2.46. The second-order valence-corrected chi connectivity index (χ2v) is 1.60. The van der Waals surface area contributed by atoms with Gasteiger partial charge >= 0.3 is 0 Å². The zero-order chi connectivity index (χ0) is 5.86. The molecule has 0 bridgehead atoms. The highest BCUT2D eigenvalue weighted by Crippen LogP contribution is 2.05. The Morgan fingerprint density at radius 2 is 1.86 bits per heavy atom. The molecule has 0 aliphatic heterocycles. The number of rotatable bonds is 2. The highest BCUT2D eigenvalue weighted by Gasteiger charge is 2.10. The van der Waals surface area contributed by atoms with Crippen LogP contribution in [0.1, 0.15) is 20.3 Å². The van der Waals surface area contributed by atoms with Crippen molar-refractivity contribution in [1.29, 1.82) is 0 Å². The van der Waals surface area contributed by atoms with Crippen molar-refractivity contribution >= 4 is 0 Å². The Hall–Kier alpha value is -0.140. The van der Waals surface area contributed by atoms with Gasteiger partial charge in [-0.1, -0.05) is 6.92 Å². The van der Waals surface area contributed by atoms with Crippen LogP contribution in [-0.2, 0) is 0 Å². The molecule has 0 aliphatic carbocycles. The summed E-state index contributed by atoms with van der Waals surface area (Å²) >= 11 is 0. The molecule has 0 radical (unpaired) electrons. The van der Waals surface area contributed by atoms with Crippen LogP contribution in [0.2, 0.25) is 0 Å². The van der Waals surface area contributed by atoms with Crippen LogP contribution in [0, 0.1) is 0 Å². The standard InChI is InChI=1S/C5H10F2/c1-3-5(7)4(2)6/h4-5H,3H2,1-2H3/t4-,5-/m1/s1. The number of hydrogen-bond donors (Lipinski definition) is 0. The Morgan fingerprint density at radius 1 is 1.43 bits per heavy atom. The van der Waals surface area contributed by atoms with Crippen LogP contribution in [0.4, 0.5) is 8.78 Å². The topological polar surface area (TPSA) is 0 Å². The molecule has 44 valence electrons. The van der Waals surface area contributed by atoms with Crippen molar-refractivity contribution in [1.82, 2.24) is 0 Å². The Balaban J connectivity index is 3.14. The van der Waals surface area contributed by atoms with E-state index in [9.17, 15) is 8.78 Å². The molecule has 0 aromatic heterocycles. The van der Waals surface area contributed by atoms with E-state index in [-0.39, 0.29) is 6.42 Å². The van der Waals surface area contributed by atoms with Crippen molar-refractivity contribution in [2.75, 3.05) is 0 Å². The zero-order valence-corrected chi connectivity index (χ0v) is 4.62. The summed E-state index contributed by atoms with van der Waals surface area (Å²) in [4.78, 5) is 0. The van der Waals surface area contributed by atoms with E-state index in [1.54, 1.807) is 6.92 Å². The Labute approximate surface area is 42.5 Å². The smallest absolute Gasteiger partial charge is 0.131 e. The normalized spacial score (nSPS) is 18.9. The zero-order valence-electron chi connectivity index (χ0n) is 4.62. The Bertz CT molecular complexity index is 43.3. The van der Waals surface area contributed by atoms with Gasteiger partial charge in [-0.3, -0.25) is 0 Å². The summed E-state index contributed by atoms with van der Waals surface area (Å²) in [5, 5.41) is 0. The molecule has 0 N–H and O–H groups in total. The van der Waals surface area contributed by atoms with Gasteiger partial charge in [-0.2, -0.15) is 0 Å². The molecule has 7 heavy (non-hydrogen) atoms. The average Bonchev–Trinajstić information content (AvgIpc) is 1.65. The summed E-state index contributed by atoms with van der Waals surface area (Å²) in [6, 6.07) is 0. The second-order valence-electron chi connectivity index (χ2n) is 1.60. The third-order valence-electron chi connectivity index (χ3n) is 0.888. The largest absolute Gasteiger partial charge is 0.245 e. The maximum atomic E-state index is 11.9. The minimum Gasteiger partial charge on any atom is -0.245 e. The van der Waals surface area contributed by atoms with Crippen LogP contribution < -0.4 is 0 Å². The fraction of sp³-hybridized carbons (Fsp3) is 1.00.